The summed E-state index contributed by atoms with van der Waals surface area (Å²) in [5.74, 6) is 0.582. The third-order valence-electron chi connectivity index (χ3n) is 1.72. The second-order valence-corrected chi connectivity index (χ2v) is 3.19. The highest BCUT2D eigenvalue weighted by atomic mass is 35.5. The first kappa shape index (κ1) is 10.0. The van der Waals surface area contributed by atoms with Crippen LogP contribution in [0.2, 0.25) is 5.02 Å². The number of halogens is 2. The number of benzene rings is 1. The molecular formula is C10H8ClFN. The normalized spacial score (nSPS) is 10.1. The van der Waals surface area contributed by atoms with Crippen molar-refractivity contribution in [3.8, 4) is 6.07 Å². The lowest BCUT2D eigenvalue weighted by atomic mass is 10.0. The van der Waals surface area contributed by atoms with Gasteiger partial charge >= 0.3 is 0 Å². The lowest BCUT2D eigenvalue weighted by molar-refractivity contribution is 0.516. The summed E-state index contributed by atoms with van der Waals surface area (Å²) in [5.41, 5.74) is 1.14. The average molecular weight is 197 g/mol. The molecule has 0 aliphatic heterocycles. The summed E-state index contributed by atoms with van der Waals surface area (Å²) >= 11 is 5.74. The van der Waals surface area contributed by atoms with E-state index in [1.54, 1.807) is 25.1 Å². The first-order valence-electron chi connectivity index (χ1n) is 3.77. The minimum atomic E-state index is -0.523. The lowest BCUT2D eigenvalue weighted by Crippen LogP contribution is -1.96. The van der Waals surface area contributed by atoms with Gasteiger partial charge in [0.2, 0.25) is 0 Å². The molecule has 0 unspecified atom stereocenters. The van der Waals surface area contributed by atoms with Crippen LogP contribution in [0.4, 0.5) is 4.39 Å². The van der Waals surface area contributed by atoms with Gasteiger partial charge in [-0.2, -0.15) is 5.26 Å². The molecule has 67 valence electrons. The van der Waals surface area contributed by atoms with E-state index in [1.165, 1.54) is 0 Å². The summed E-state index contributed by atoms with van der Waals surface area (Å²) in [5, 5.41) is 9.09. The topological polar surface area (TPSA) is 23.8 Å². The van der Waals surface area contributed by atoms with E-state index in [0.717, 1.165) is 0 Å². The van der Waals surface area contributed by atoms with Gasteiger partial charge in [0.15, 0.2) is 0 Å². The highest BCUT2D eigenvalue weighted by Gasteiger charge is 2.07. The Morgan fingerprint density at radius 2 is 2.23 bits per heavy atom. The molecule has 0 saturated heterocycles. The van der Waals surface area contributed by atoms with Crippen LogP contribution in [0.3, 0.4) is 0 Å². The molecule has 1 nitrogen and oxygen atoms in total. The summed E-state index contributed by atoms with van der Waals surface area (Å²) in [6.45, 7) is 1.15. The van der Waals surface area contributed by atoms with Crippen LogP contribution >= 0.6 is 11.6 Å². The molecule has 0 bridgehead atoms. The highest BCUT2D eigenvalue weighted by Crippen LogP contribution is 2.21. The predicted molar refractivity (Wildman–Crippen MR) is 50.2 cm³/mol. The van der Waals surface area contributed by atoms with E-state index >= 15 is 0 Å². The molecule has 1 aromatic carbocycles. The Morgan fingerprint density at radius 3 is 2.77 bits per heavy atom. The first-order chi connectivity index (χ1) is 6.17. The van der Waals surface area contributed by atoms with Crippen LogP contribution in [0.15, 0.2) is 18.2 Å². The molecule has 0 heterocycles. The minimum Gasteiger partial charge on any atom is -0.250 e. The van der Waals surface area contributed by atoms with E-state index in [0.29, 0.717) is 22.1 Å². The molecule has 0 atom stereocenters. The number of nitrogens with zero attached hydrogens (tertiary/aromatic N) is 1. The van der Waals surface area contributed by atoms with Crippen LogP contribution in [0.25, 0.3) is 0 Å². The molecule has 0 amide bonds. The molecule has 0 spiro atoms. The second kappa shape index (κ2) is 4.25. The maximum atomic E-state index is 12.3. The molecule has 0 saturated carbocycles. The number of rotatable bonds is 2. The van der Waals surface area contributed by atoms with Gasteiger partial charge in [0.25, 0.3) is 0 Å². The van der Waals surface area contributed by atoms with Gasteiger partial charge in [-0.15, -0.1) is 0 Å². The zero-order valence-electron chi connectivity index (χ0n) is 7.14. The van der Waals surface area contributed by atoms with Gasteiger partial charge < -0.3 is 0 Å². The molecule has 1 aromatic rings. The van der Waals surface area contributed by atoms with Crippen molar-refractivity contribution in [1.82, 2.24) is 0 Å². The van der Waals surface area contributed by atoms with Crippen LogP contribution < -0.4 is 0 Å². The molecule has 0 aromatic heterocycles. The number of nitriles is 1. The fraction of sp³-hybridized carbons (Fsp3) is 0.200. The van der Waals surface area contributed by atoms with E-state index in [1.807, 2.05) is 6.07 Å². The van der Waals surface area contributed by atoms with Gasteiger partial charge in [0.1, 0.15) is 0 Å². The Bertz CT molecular complexity index is 343. The predicted octanol–water partition coefficient (Wildman–Crippen LogP) is 3.12. The smallest absolute Gasteiger partial charge is 0.0997 e. The standard InChI is InChI=1S/C10H8ClFN/c1-7(5-12)9-2-8(6-13)3-10(11)4-9/h2-4H,5H2,1H3. The summed E-state index contributed by atoms with van der Waals surface area (Å²) in [4.78, 5) is 0. The molecule has 0 N–H and O–H groups in total. The van der Waals surface area contributed by atoms with Crippen molar-refractivity contribution < 1.29 is 4.39 Å². The van der Waals surface area contributed by atoms with Crippen LogP contribution in [0.1, 0.15) is 18.1 Å². The Balaban J connectivity index is 3.10. The fourth-order valence-electron chi connectivity index (χ4n) is 0.978. The monoisotopic (exact) mass is 196 g/mol. The zero-order chi connectivity index (χ0) is 9.84. The quantitative estimate of drug-likeness (QED) is 0.713. The second-order valence-electron chi connectivity index (χ2n) is 2.75. The van der Waals surface area contributed by atoms with Crippen molar-refractivity contribution >= 4 is 11.6 Å². The summed E-state index contributed by atoms with van der Waals surface area (Å²) < 4.78 is 12.3. The van der Waals surface area contributed by atoms with E-state index in [4.69, 9.17) is 16.9 Å². The molecule has 0 aliphatic carbocycles. The van der Waals surface area contributed by atoms with Gasteiger partial charge in [-0.3, -0.25) is 4.39 Å². The molecule has 1 radical (unpaired) electrons. The summed E-state index contributed by atoms with van der Waals surface area (Å²) in [6.07, 6.45) is 0. The largest absolute Gasteiger partial charge is 0.250 e. The number of alkyl halides is 1. The van der Waals surface area contributed by atoms with Gasteiger partial charge in [-0.1, -0.05) is 18.5 Å². The fourth-order valence-corrected chi connectivity index (χ4v) is 1.21. The third kappa shape index (κ3) is 2.43. The number of hydrogen-bond acceptors (Lipinski definition) is 1. The summed E-state index contributed by atoms with van der Waals surface area (Å²) in [6, 6.07) is 6.79. The van der Waals surface area contributed by atoms with E-state index in [9.17, 15) is 4.39 Å². The van der Waals surface area contributed by atoms with Crippen molar-refractivity contribution in [3.05, 3.63) is 40.3 Å². The van der Waals surface area contributed by atoms with Crippen molar-refractivity contribution in [2.45, 2.75) is 6.92 Å². The molecule has 13 heavy (non-hydrogen) atoms. The number of hydrogen-bond donors (Lipinski definition) is 0. The van der Waals surface area contributed by atoms with Crippen molar-refractivity contribution in [2.75, 3.05) is 6.67 Å². The first-order valence-corrected chi connectivity index (χ1v) is 4.14. The minimum absolute atomic E-state index is 0.454. The Hall–Kier alpha value is -1.07. The van der Waals surface area contributed by atoms with Crippen LogP contribution in [-0.4, -0.2) is 6.67 Å². The Morgan fingerprint density at radius 1 is 1.54 bits per heavy atom. The maximum Gasteiger partial charge on any atom is 0.0997 e. The van der Waals surface area contributed by atoms with E-state index in [-0.39, 0.29) is 0 Å². The van der Waals surface area contributed by atoms with E-state index in [2.05, 4.69) is 0 Å². The van der Waals surface area contributed by atoms with E-state index < -0.39 is 6.67 Å². The van der Waals surface area contributed by atoms with Crippen LogP contribution in [0.5, 0.6) is 0 Å². The molecule has 0 fully saturated rings. The van der Waals surface area contributed by atoms with Crippen molar-refractivity contribution in [1.29, 1.82) is 5.26 Å². The zero-order valence-corrected chi connectivity index (χ0v) is 7.90. The van der Waals surface area contributed by atoms with Crippen LogP contribution in [0, 0.1) is 17.2 Å². The molecular weight excluding hydrogens is 189 g/mol. The summed E-state index contributed by atoms with van der Waals surface area (Å²) in [7, 11) is 0. The molecule has 1 rings (SSSR count). The highest BCUT2D eigenvalue weighted by molar-refractivity contribution is 6.30. The Kier molecular flexibility index (Phi) is 3.27. The lowest BCUT2D eigenvalue weighted by Gasteiger charge is -2.06. The average Bonchev–Trinajstić information content (AvgIpc) is 2.15. The van der Waals surface area contributed by atoms with Crippen LogP contribution in [-0.2, 0) is 0 Å². The SMILES string of the molecule is C[C](CF)c1cc(Cl)cc(C#N)c1. The molecule has 0 aliphatic rings. The van der Waals surface area contributed by atoms with Gasteiger partial charge in [0.05, 0.1) is 18.3 Å². The van der Waals surface area contributed by atoms with Crippen molar-refractivity contribution in [2.24, 2.45) is 0 Å². The maximum absolute atomic E-state index is 12.3. The third-order valence-corrected chi connectivity index (χ3v) is 1.94. The molecule has 3 heteroatoms. The van der Waals surface area contributed by atoms with Gasteiger partial charge in [0, 0.05) is 10.9 Å². The Labute approximate surface area is 81.8 Å². The van der Waals surface area contributed by atoms with Gasteiger partial charge in [-0.05, 0) is 23.8 Å². The van der Waals surface area contributed by atoms with Crippen molar-refractivity contribution in [3.63, 3.8) is 0 Å². The van der Waals surface area contributed by atoms with Gasteiger partial charge in [-0.25, -0.2) is 0 Å².